The predicted molar refractivity (Wildman–Crippen MR) is 77.8 cm³/mol. The maximum atomic E-state index is 2.35. The van der Waals surface area contributed by atoms with E-state index in [1.165, 1.54) is 5.56 Å². The van der Waals surface area contributed by atoms with Crippen LogP contribution in [0.25, 0.3) is 0 Å². The highest BCUT2D eigenvalue weighted by Gasteiger charge is 2.37. The highest BCUT2D eigenvalue weighted by molar-refractivity contribution is 5.13. The first-order valence-corrected chi connectivity index (χ1v) is 6.82. The summed E-state index contributed by atoms with van der Waals surface area (Å²) in [6.45, 7) is 15.2. The van der Waals surface area contributed by atoms with Crippen LogP contribution < -0.4 is 0 Å². The molecule has 1 aromatic carbocycles. The molecular formula is C16H29NO. The Hall–Kier alpha value is -0.860. The number of quaternary nitrogens is 1. The molecule has 0 radical (unpaired) electrons. The number of hydrogen-bond acceptors (Lipinski definition) is 1. The molecule has 0 aliphatic heterocycles. The third-order valence-electron chi connectivity index (χ3n) is 4.18. The molecule has 0 aliphatic rings. The molecule has 0 spiro atoms. The predicted octanol–water partition coefficient (Wildman–Crippen LogP) is 4.05. The average Bonchev–Trinajstić information content (AvgIpc) is 2.25. The zero-order valence-corrected chi connectivity index (χ0v) is 12.7. The summed E-state index contributed by atoms with van der Waals surface area (Å²) in [5.41, 5.74) is 1.45. The van der Waals surface area contributed by atoms with Crippen LogP contribution in [0.5, 0.6) is 0 Å². The van der Waals surface area contributed by atoms with E-state index in [0.717, 1.165) is 11.0 Å². The van der Waals surface area contributed by atoms with Crippen LogP contribution in [-0.4, -0.2) is 28.1 Å². The molecule has 0 aliphatic carbocycles. The quantitative estimate of drug-likeness (QED) is 0.726. The molecular weight excluding hydrogens is 222 g/mol. The zero-order valence-electron chi connectivity index (χ0n) is 12.7. The normalized spacial score (nSPS) is 12.1. The Kier molecular flexibility index (Phi) is 6.58. The summed E-state index contributed by atoms with van der Waals surface area (Å²) in [4.78, 5) is 0. The molecule has 0 saturated heterocycles. The van der Waals surface area contributed by atoms with Crippen LogP contribution >= 0.6 is 0 Å². The molecule has 2 nitrogen and oxygen atoms in total. The first kappa shape index (κ1) is 17.1. The van der Waals surface area contributed by atoms with E-state index in [-0.39, 0.29) is 5.48 Å². The zero-order chi connectivity index (χ0) is 13.1. The highest BCUT2D eigenvalue weighted by atomic mass is 16.0. The van der Waals surface area contributed by atoms with Gasteiger partial charge in [0, 0.05) is 5.56 Å². The molecule has 2 heteroatoms. The second-order valence-corrected chi connectivity index (χ2v) is 5.92. The number of hydrogen-bond donors (Lipinski definition) is 0. The summed E-state index contributed by atoms with van der Waals surface area (Å²) < 4.78 is 1.16. The lowest BCUT2D eigenvalue weighted by Gasteiger charge is -2.49. The Morgan fingerprint density at radius 1 is 0.778 bits per heavy atom. The van der Waals surface area contributed by atoms with E-state index in [9.17, 15) is 0 Å². The molecule has 18 heavy (non-hydrogen) atoms. The van der Waals surface area contributed by atoms with E-state index in [2.05, 4.69) is 71.9 Å². The van der Waals surface area contributed by atoms with Crippen LogP contribution in [0.2, 0.25) is 0 Å². The monoisotopic (exact) mass is 251 g/mol. The number of benzene rings is 1. The van der Waals surface area contributed by atoms with Gasteiger partial charge in [-0.2, -0.15) is 0 Å². The molecule has 1 N–H and O–H groups in total. The fraction of sp³-hybridized carbons (Fsp3) is 0.625. The lowest BCUT2D eigenvalue weighted by molar-refractivity contribution is -0.997. The van der Waals surface area contributed by atoms with Crippen molar-refractivity contribution < 1.29 is 9.96 Å². The second-order valence-electron chi connectivity index (χ2n) is 5.92. The minimum atomic E-state index is 0. The van der Waals surface area contributed by atoms with E-state index < -0.39 is 0 Å². The summed E-state index contributed by atoms with van der Waals surface area (Å²) in [7, 11) is 0. The van der Waals surface area contributed by atoms with Crippen molar-refractivity contribution in [3.63, 3.8) is 0 Å². The van der Waals surface area contributed by atoms with E-state index in [4.69, 9.17) is 0 Å². The van der Waals surface area contributed by atoms with Gasteiger partial charge in [-0.3, -0.25) is 0 Å². The molecule has 104 valence electrons. The summed E-state index contributed by atoms with van der Waals surface area (Å²) in [5, 5.41) is 0. The van der Waals surface area contributed by atoms with E-state index >= 15 is 0 Å². The highest BCUT2D eigenvalue weighted by Crippen LogP contribution is 2.27. The van der Waals surface area contributed by atoms with Gasteiger partial charge in [0.2, 0.25) is 0 Å². The fourth-order valence-corrected chi connectivity index (χ4v) is 3.24. The molecule has 0 aromatic heterocycles. The van der Waals surface area contributed by atoms with Gasteiger partial charge < -0.3 is 9.96 Å². The summed E-state index contributed by atoms with van der Waals surface area (Å²) >= 11 is 0. The Bertz CT molecular complexity index is 308. The van der Waals surface area contributed by atoms with Crippen molar-refractivity contribution in [2.24, 2.45) is 0 Å². The second kappa shape index (κ2) is 6.91. The fourth-order valence-electron chi connectivity index (χ4n) is 3.24. The van der Waals surface area contributed by atoms with Gasteiger partial charge in [-0.15, -0.1) is 0 Å². The SMILES string of the molecule is CC(C)[N+](Cc1ccccc1)(C(C)C)C(C)C.[OH-]. The molecule has 0 fully saturated rings. The Morgan fingerprint density at radius 3 is 1.50 bits per heavy atom. The van der Waals surface area contributed by atoms with Gasteiger partial charge in [0.15, 0.2) is 0 Å². The Morgan fingerprint density at radius 2 is 1.17 bits per heavy atom. The van der Waals surface area contributed by atoms with Crippen molar-refractivity contribution in [1.82, 2.24) is 0 Å². The van der Waals surface area contributed by atoms with Crippen LogP contribution in [-0.2, 0) is 6.54 Å². The molecule has 0 saturated carbocycles. The first-order valence-electron chi connectivity index (χ1n) is 6.82. The average molecular weight is 251 g/mol. The van der Waals surface area contributed by atoms with E-state index in [0.29, 0.717) is 18.1 Å². The molecule has 0 amide bonds. The van der Waals surface area contributed by atoms with Crippen molar-refractivity contribution in [2.75, 3.05) is 0 Å². The van der Waals surface area contributed by atoms with Gasteiger partial charge in [-0.05, 0) is 41.5 Å². The van der Waals surface area contributed by atoms with Crippen molar-refractivity contribution in [3.05, 3.63) is 35.9 Å². The summed E-state index contributed by atoms with van der Waals surface area (Å²) in [6.07, 6.45) is 0. The lowest BCUT2D eigenvalue weighted by Crippen LogP contribution is -2.61. The van der Waals surface area contributed by atoms with Gasteiger partial charge >= 0.3 is 0 Å². The van der Waals surface area contributed by atoms with Crippen molar-refractivity contribution >= 4 is 0 Å². The van der Waals surface area contributed by atoms with Crippen LogP contribution in [0.3, 0.4) is 0 Å². The molecule has 0 unspecified atom stereocenters. The topological polar surface area (TPSA) is 30.0 Å². The molecule has 1 aromatic rings. The third-order valence-corrected chi connectivity index (χ3v) is 4.18. The van der Waals surface area contributed by atoms with Crippen LogP contribution in [0.4, 0.5) is 0 Å². The lowest BCUT2D eigenvalue weighted by atomic mass is 10.0. The largest absolute Gasteiger partial charge is 0.870 e. The maximum Gasteiger partial charge on any atom is 0.105 e. The summed E-state index contributed by atoms with van der Waals surface area (Å²) in [6, 6.07) is 12.8. The molecule has 0 bridgehead atoms. The maximum absolute atomic E-state index is 2.35. The summed E-state index contributed by atoms with van der Waals surface area (Å²) in [5.74, 6) is 0. The van der Waals surface area contributed by atoms with E-state index in [1.807, 2.05) is 0 Å². The standard InChI is InChI=1S/C16H28N.H2O/c1-13(2)17(14(3)4,15(5)6)12-16-10-8-7-9-11-16;/h7-11,13-15H,12H2,1-6H3;1H2/q+1;/p-1. The third kappa shape index (κ3) is 3.33. The van der Waals surface area contributed by atoms with Crippen LogP contribution in [0.1, 0.15) is 47.1 Å². The van der Waals surface area contributed by atoms with Gasteiger partial charge in [0.25, 0.3) is 0 Å². The Balaban J connectivity index is 0.00000289. The Labute approximate surface area is 113 Å². The minimum Gasteiger partial charge on any atom is -0.870 e. The van der Waals surface area contributed by atoms with Crippen LogP contribution in [0.15, 0.2) is 30.3 Å². The molecule has 0 atom stereocenters. The smallest absolute Gasteiger partial charge is 0.105 e. The van der Waals surface area contributed by atoms with Gasteiger partial charge in [0.05, 0.1) is 18.1 Å². The van der Waals surface area contributed by atoms with Crippen molar-refractivity contribution in [3.8, 4) is 0 Å². The molecule has 1 rings (SSSR count). The van der Waals surface area contributed by atoms with E-state index in [1.54, 1.807) is 0 Å². The first-order chi connectivity index (χ1) is 7.91. The van der Waals surface area contributed by atoms with Crippen LogP contribution in [0, 0.1) is 0 Å². The van der Waals surface area contributed by atoms with Gasteiger partial charge in [-0.1, -0.05) is 30.3 Å². The van der Waals surface area contributed by atoms with Crippen molar-refractivity contribution in [2.45, 2.75) is 66.2 Å². The number of rotatable bonds is 5. The molecule has 0 heterocycles. The van der Waals surface area contributed by atoms with Crippen molar-refractivity contribution in [1.29, 1.82) is 0 Å². The van der Waals surface area contributed by atoms with Gasteiger partial charge in [0.1, 0.15) is 6.54 Å². The number of nitrogens with zero attached hydrogens (tertiary/aromatic N) is 1. The van der Waals surface area contributed by atoms with Gasteiger partial charge in [-0.25, -0.2) is 0 Å². The minimum absolute atomic E-state index is 0.